The molecular weight excluding hydrogens is 312 g/mol. The lowest BCUT2D eigenvalue weighted by atomic mass is 10.0. The van der Waals surface area contributed by atoms with Gasteiger partial charge in [-0.1, -0.05) is 6.07 Å². The Labute approximate surface area is 149 Å². The van der Waals surface area contributed by atoms with E-state index in [1.54, 1.807) is 0 Å². The fraction of sp³-hybridized carbons (Fsp3) is 0.450. The molecule has 5 nitrogen and oxygen atoms in total. The zero-order valence-electron chi connectivity index (χ0n) is 15.5. The van der Waals surface area contributed by atoms with Crippen molar-refractivity contribution in [2.75, 3.05) is 25.0 Å². The predicted octanol–water partition coefficient (Wildman–Crippen LogP) is 3.14. The molecule has 1 fully saturated rings. The molecule has 0 aliphatic carbocycles. The molecule has 1 saturated heterocycles. The van der Waals surface area contributed by atoms with Gasteiger partial charge >= 0.3 is 0 Å². The average Bonchev–Trinajstić information content (AvgIpc) is 2.63. The van der Waals surface area contributed by atoms with Gasteiger partial charge in [-0.2, -0.15) is 0 Å². The Morgan fingerprint density at radius 3 is 2.56 bits per heavy atom. The van der Waals surface area contributed by atoms with Crippen molar-refractivity contribution < 1.29 is 4.79 Å². The molecule has 132 valence electrons. The number of carbonyl (C=O) groups excluding carboxylic acids is 1. The molecule has 1 unspecified atom stereocenters. The molecule has 25 heavy (non-hydrogen) atoms. The van der Waals surface area contributed by atoms with Crippen LogP contribution in [0.25, 0.3) is 0 Å². The van der Waals surface area contributed by atoms with Gasteiger partial charge in [0.1, 0.15) is 0 Å². The number of aryl methyl sites for hydroxylation is 3. The minimum Gasteiger partial charge on any atom is -0.339 e. The first kappa shape index (κ1) is 17.4. The predicted molar refractivity (Wildman–Crippen MR) is 100 cm³/mol. The van der Waals surface area contributed by atoms with E-state index in [0.717, 1.165) is 42.0 Å². The summed E-state index contributed by atoms with van der Waals surface area (Å²) in [5.41, 5.74) is 4.19. The largest absolute Gasteiger partial charge is 0.339 e. The second-order valence-electron chi connectivity index (χ2n) is 7.02. The molecular formula is C20H26N4O. The summed E-state index contributed by atoms with van der Waals surface area (Å²) in [4.78, 5) is 25.8. The highest BCUT2D eigenvalue weighted by Gasteiger charge is 2.28. The number of amides is 1. The van der Waals surface area contributed by atoms with E-state index in [1.165, 1.54) is 5.56 Å². The van der Waals surface area contributed by atoms with Gasteiger partial charge < -0.3 is 9.80 Å². The molecule has 1 amide bonds. The molecule has 0 spiro atoms. The van der Waals surface area contributed by atoms with Gasteiger partial charge in [-0.3, -0.25) is 4.79 Å². The van der Waals surface area contributed by atoms with Crippen molar-refractivity contribution in [1.29, 1.82) is 0 Å². The number of benzene rings is 1. The summed E-state index contributed by atoms with van der Waals surface area (Å²) < 4.78 is 0. The quantitative estimate of drug-likeness (QED) is 0.863. The van der Waals surface area contributed by atoms with E-state index in [-0.39, 0.29) is 11.9 Å². The van der Waals surface area contributed by atoms with Gasteiger partial charge in [-0.15, -0.1) is 0 Å². The Balaban J connectivity index is 1.72. The normalized spacial score (nSPS) is 17.4. The molecule has 1 aromatic carbocycles. The van der Waals surface area contributed by atoms with Crippen molar-refractivity contribution in [3.63, 3.8) is 0 Å². The average molecular weight is 338 g/mol. The minimum atomic E-state index is 0.117. The van der Waals surface area contributed by atoms with Crippen LogP contribution in [0.4, 0.5) is 5.95 Å². The summed E-state index contributed by atoms with van der Waals surface area (Å²) in [5.74, 6) is 0.835. The lowest BCUT2D eigenvalue weighted by molar-refractivity contribution is 0.0707. The standard InChI is InChI=1S/C20H26N4O/c1-14-11-21-20(22-12-14)23(4)18-6-5-9-24(13-18)19(25)17-8-7-15(2)16(3)10-17/h7-8,10-12,18H,5-6,9,13H2,1-4H3. The summed E-state index contributed by atoms with van der Waals surface area (Å²) >= 11 is 0. The van der Waals surface area contributed by atoms with Crippen molar-refractivity contribution in [3.8, 4) is 0 Å². The van der Waals surface area contributed by atoms with Crippen LogP contribution in [0, 0.1) is 20.8 Å². The Morgan fingerprint density at radius 1 is 1.16 bits per heavy atom. The molecule has 2 heterocycles. The second-order valence-corrected chi connectivity index (χ2v) is 7.02. The lowest BCUT2D eigenvalue weighted by Crippen LogP contribution is -2.49. The van der Waals surface area contributed by atoms with Crippen LogP contribution >= 0.6 is 0 Å². The monoisotopic (exact) mass is 338 g/mol. The van der Waals surface area contributed by atoms with Gasteiger partial charge in [0, 0.05) is 44.1 Å². The number of likely N-dealkylation sites (tertiary alicyclic amines) is 1. The molecule has 2 aromatic rings. The second kappa shape index (κ2) is 7.21. The topological polar surface area (TPSA) is 49.3 Å². The molecule has 5 heteroatoms. The SMILES string of the molecule is Cc1cnc(N(C)C2CCCN(C(=O)c3ccc(C)c(C)c3)C2)nc1. The van der Waals surface area contributed by atoms with E-state index in [0.29, 0.717) is 6.54 Å². The highest BCUT2D eigenvalue weighted by atomic mass is 16.2. The van der Waals surface area contributed by atoms with Crippen molar-refractivity contribution >= 4 is 11.9 Å². The van der Waals surface area contributed by atoms with Crippen molar-refractivity contribution in [3.05, 3.63) is 52.8 Å². The van der Waals surface area contributed by atoms with Gasteiger partial charge in [0.05, 0.1) is 0 Å². The van der Waals surface area contributed by atoms with Crippen LogP contribution in [0.3, 0.4) is 0 Å². The van der Waals surface area contributed by atoms with E-state index in [1.807, 2.05) is 56.4 Å². The van der Waals surface area contributed by atoms with E-state index in [2.05, 4.69) is 21.8 Å². The minimum absolute atomic E-state index is 0.117. The first-order valence-corrected chi connectivity index (χ1v) is 8.83. The van der Waals surface area contributed by atoms with Gasteiger partial charge in [0.25, 0.3) is 5.91 Å². The van der Waals surface area contributed by atoms with Crippen LogP contribution in [0.5, 0.6) is 0 Å². The fourth-order valence-electron chi connectivity index (χ4n) is 3.24. The van der Waals surface area contributed by atoms with Crippen LogP contribution in [0.2, 0.25) is 0 Å². The smallest absolute Gasteiger partial charge is 0.253 e. The zero-order chi connectivity index (χ0) is 18.0. The number of hydrogen-bond acceptors (Lipinski definition) is 4. The molecule has 0 radical (unpaired) electrons. The fourth-order valence-corrected chi connectivity index (χ4v) is 3.24. The molecule has 0 saturated carbocycles. The van der Waals surface area contributed by atoms with Crippen LogP contribution < -0.4 is 4.90 Å². The number of piperidine rings is 1. The number of rotatable bonds is 3. The van der Waals surface area contributed by atoms with Crippen molar-refractivity contribution in [1.82, 2.24) is 14.9 Å². The first-order valence-electron chi connectivity index (χ1n) is 8.83. The van der Waals surface area contributed by atoms with Gasteiger partial charge in [0.15, 0.2) is 0 Å². The number of anilines is 1. The summed E-state index contributed by atoms with van der Waals surface area (Å²) in [6.45, 7) is 7.61. The van der Waals surface area contributed by atoms with Crippen LogP contribution in [0.1, 0.15) is 39.9 Å². The first-order chi connectivity index (χ1) is 12.0. The van der Waals surface area contributed by atoms with Crippen LogP contribution in [0.15, 0.2) is 30.6 Å². The molecule has 0 bridgehead atoms. The zero-order valence-corrected chi connectivity index (χ0v) is 15.5. The summed E-state index contributed by atoms with van der Waals surface area (Å²) in [6.07, 6.45) is 5.71. The highest BCUT2D eigenvalue weighted by Crippen LogP contribution is 2.21. The van der Waals surface area contributed by atoms with Crippen LogP contribution in [-0.2, 0) is 0 Å². The summed E-state index contributed by atoms with van der Waals surface area (Å²) in [6, 6.07) is 6.19. The van der Waals surface area contributed by atoms with Crippen molar-refractivity contribution in [2.45, 2.75) is 39.7 Å². The van der Waals surface area contributed by atoms with Gasteiger partial charge in [0.2, 0.25) is 5.95 Å². The molecule has 3 rings (SSSR count). The third-order valence-electron chi connectivity index (χ3n) is 5.07. The van der Waals surface area contributed by atoms with Gasteiger partial charge in [-0.25, -0.2) is 9.97 Å². The Hall–Kier alpha value is -2.43. The highest BCUT2D eigenvalue weighted by molar-refractivity contribution is 5.94. The third kappa shape index (κ3) is 3.81. The molecule has 1 aromatic heterocycles. The third-order valence-corrected chi connectivity index (χ3v) is 5.07. The van der Waals surface area contributed by atoms with E-state index in [4.69, 9.17) is 0 Å². The molecule has 0 N–H and O–H groups in total. The van der Waals surface area contributed by atoms with E-state index >= 15 is 0 Å². The number of hydrogen-bond donors (Lipinski definition) is 0. The number of carbonyl (C=O) groups is 1. The molecule has 1 aliphatic heterocycles. The van der Waals surface area contributed by atoms with E-state index < -0.39 is 0 Å². The summed E-state index contributed by atoms with van der Waals surface area (Å²) in [5, 5.41) is 0. The van der Waals surface area contributed by atoms with Crippen molar-refractivity contribution in [2.24, 2.45) is 0 Å². The maximum atomic E-state index is 12.9. The van der Waals surface area contributed by atoms with Gasteiger partial charge in [-0.05, 0) is 62.4 Å². The maximum Gasteiger partial charge on any atom is 0.253 e. The summed E-state index contributed by atoms with van der Waals surface area (Å²) in [7, 11) is 2.01. The molecule has 1 atom stereocenters. The maximum absolute atomic E-state index is 12.9. The lowest BCUT2D eigenvalue weighted by Gasteiger charge is -2.37. The Bertz CT molecular complexity index is 757. The Kier molecular flexibility index (Phi) is 5.02. The Morgan fingerprint density at radius 2 is 1.88 bits per heavy atom. The number of nitrogens with zero attached hydrogens (tertiary/aromatic N) is 4. The van der Waals surface area contributed by atoms with Crippen LogP contribution in [-0.4, -0.2) is 47.0 Å². The molecule has 1 aliphatic rings. The van der Waals surface area contributed by atoms with E-state index in [9.17, 15) is 4.79 Å². The number of likely N-dealkylation sites (N-methyl/N-ethyl adjacent to an activating group) is 1. The number of aromatic nitrogens is 2.